The first kappa shape index (κ1) is 63.5. The van der Waals surface area contributed by atoms with Crippen LogP contribution < -0.4 is 30.4 Å². The molecule has 0 bridgehead atoms. The molecule has 5 heteroatoms. The molecule has 0 spiro atoms. The fraction of sp³-hybridized carbons (Fsp3) is 0.378. The lowest BCUT2D eigenvalue weighted by Crippen LogP contribution is -2.61. The van der Waals surface area contributed by atoms with Crippen molar-refractivity contribution in [2.24, 2.45) is 0 Å². The molecule has 0 amide bonds. The Morgan fingerprint density at radius 3 is 1.20 bits per heavy atom. The third kappa shape index (κ3) is 10.1. The highest BCUT2D eigenvalue weighted by Crippen LogP contribution is 2.57. The van der Waals surface area contributed by atoms with Gasteiger partial charge in [0, 0.05) is 65.5 Å². The van der Waals surface area contributed by atoms with Crippen molar-refractivity contribution in [2.45, 2.75) is 219 Å². The van der Waals surface area contributed by atoms with E-state index >= 15 is 0 Å². The minimum absolute atomic E-state index is 0.00604. The Kier molecular flexibility index (Phi) is 14.3. The average molecular weight is 1270 g/mol. The van der Waals surface area contributed by atoms with Crippen molar-refractivity contribution in [3.05, 3.63) is 249 Å². The van der Waals surface area contributed by atoms with Gasteiger partial charge in [-0.2, -0.15) is 0 Å². The van der Waals surface area contributed by atoms with Crippen molar-refractivity contribution >= 4 is 95.0 Å². The van der Waals surface area contributed by atoms with Gasteiger partial charge >= 0.3 is 0 Å². The summed E-state index contributed by atoms with van der Waals surface area (Å²) in [6, 6.07) is 74.7. The molecule has 0 fully saturated rings. The maximum absolute atomic E-state index is 2.78. The number of rotatable bonds is 9. The molecule has 15 rings (SSSR count). The molecule has 0 saturated heterocycles. The molecule has 0 saturated carbocycles. The summed E-state index contributed by atoms with van der Waals surface area (Å²) in [4.78, 5) is 8.14. The Hall–Kier alpha value is -7.60. The van der Waals surface area contributed by atoms with Crippen LogP contribution in [0.25, 0.3) is 10.1 Å². The summed E-state index contributed by atoms with van der Waals surface area (Å²) in [5.41, 5.74) is 28.7. The van der Waals surface area contributed by atoms with Crippen LogP contribution in [0, 0.1) is 0 Å². The topological polar surface area (TPSA) is 9.72 Å². The summed E-state index contributed by atoms with van der Waals surface area (Å²) in [6.45, 7) is 46.5. The average Bonchev–Trinajstić information content (AvgIpc) is 1.68. The van der Waals surface area contributed by atoms with Crippen LogP contribution in [0.1, 0.15) is 231 Å². The Balaban J connectivity index is 1.08. The van der Waals surface area contributed by atoms with Crippen molar-refractivity contribution in [3.63, 3.8) is 0 Å². The predicted octanol–water partition coefficient (Wildman–Crippen LogP) is 23.5. The summed E-state index contributed by atoms with van der Waals surface area (Å²) in [5, 5.41) is 1.33. The van der Waals surface area contributed by atoms with Crippen LogP contribution >= 0.6 is 11.3 Å². The second-order valence-electron chi connectivity index (χ2n) is 35.4. The molecule has 5 aliphatic rings. The van der Waals surface area contributed by atoms with E-state index in [-0.39, 0.29) is 55.4 Å². The van der Waals surface area contributed by atoms with Gasteiger partial charge in [0.1, 0.15) is 0 Å². The summed E-state index contributed by atoms with van der Waals surface area (Å²) in [7, 11) is 0. The fourth-order valence-electron chi connectivity index (χ4n) is 17.6. The first-order valence-corrected chi connectivity index (χ1v) is 36.5. The predicted molar refractivity (Wildman–Crippen MR) is 412 cm³/mol. The molecule has 484 valence electrons. The van der Waals surface area contributed by atoms with Crippen LogP contribution in [0.3, 0.4) is 0 Å². The molecule has 3 aliphatic carbocycles. The van der Waals surface area contributed by atoms with Gasteiger partial charge in [0.25, 0.3) is 6.71 Å². The molecular weight excluding hydrogens is 1170 g/mol. The molecule has 10 aromatic rings. The van der Waals surface area contributed by atoms with Crippen molar-refractivity contribution in [1.82, 2.24) is 0 Å². The van der Waals surface area contributed by atoms with E-state index in [4.69, 9.17) is 0 Å². The highest BCUT2D eigenvalue weighted by atomic mass is 32.1. The van der Waals surface area contributed by atoms with Gasteiger partial charge in [-0.25, -0.2) is 0 Å². The van der Waals surface area contributed by atoms with E-state index < -0.39 is 0 Å². The van der Waals surface area contributed by atoms with Gasteiger partial charge in [-0.15, -0.1) is 11.3 Å². The number of thiophene rings is 1. The van der Waals surface area contributed by atoms with Crippen LogP contribution in [0.15, 0.2) is 188 Å². The minimum Gasteiger partial charge on any atom is -0.311 e. The number of anilines is 9. The van der Waals surface area contributed by atoms with Crippen LogP contribution in [-0.4, -0.2) is 6.71 Å². The van der Waals surface area contributed by atoms with Crippen LogP contribution in [0.4, 0.5) is 51.2 Å². The van der Waals surface area contributed by atoms with Crippen LogP contribution in [-0.2, 0) is 48.7 Å². The minimum atomic E-state index is -0.219. The standard InChI is InChI=1S/C90H100BN3S/c1-82(2,3)61-34-43-78-67(50-61)80-81(95-78)91-74-55-72-73(88(14,15)49-48-87(72,12)13)56-75(74)93(64-39-41-68-70(51-64)85(8,9)46-44-83(68,4)5)76-53-66(54-77(79(76)91)94(80)65-40-42-69-71(52-65)86(10,11)47-45-84(69,6)7)92(62-35-30-59(31-36-62)89(16,17)57-26-22-20-23-27-57)63-37-32-60(33-38-63)90(18,19)58-28-24-21-25-29-58/h20-43,50-56H,44-49H2,1-19H3. The third-order valence-corrected chi connectivity index (χ3v) is 25.8. The third-order valence-electron chi connectivity index (χ3n) is 24.6. The highest BCUT2D eigenvalue weighted by molar-refractivity contribution is 7.33. The fourth-order valence-corrected chi connectivity index (χ4v) is 18.9. The zero-order valence-electron chi connectivity index (χ0n) is 60.5. The molecule has 3 nitrogen and oxygen atoms in total. The van der Waals surface area contributed by atoms with E-state index in [1.807, 2.05) is 11.3 Å². The molecular formula is C90H100BN3S. The quantitative estimate of drug-likeness (QED) is 0.133. The van der Waals surface area contributed by atoms with E-state index in [2.05, 4.69) is 334 Å². The number of hydrogen-bond acceptors (Lipinski definition) is 4. The van der Waals surface area contributed by atoms with Crippen LogP contribution in [0.5, 0.6) is 0 Å². The second-order valence-corrected chi connectivity index (χ2v) is 36.5. The van der Waals surface area contributed by atoms with Crippen LogP contribution in [0.2, 0.25) is 0 Å². The SMILES string of the molecule is CC(C)(C)c1ccc2sc3c(c2c1)N(c1ccc2c(c1)C(C)(C)CCC2(C)C)c1cc(N(c2ccc(C(C)(C)c4ccccc4)cc2)c2ccc(C(C)(C)c4ccccc4)cc2)cc2c1B3c1cc3c(cc1N2c1ccc2c(c1)C(C)(C)CCC2(C)C)C(C)(C)CCC3(C)C. The maximum atomic E-state index is 2.78. The zero-order chi connectivity index (χ0) is 67.1. The first-order valence-electron chi connectivity index (χ1n) is 35.6. The lowest BCUT2D eigenvalue weighted by molar-refractivity contribution is 0.332. The monoisotopic (exact) mass is 1270 g/mol. The molecule has 95 heavy (non-hydrogen) atoms. The summed E-state index contributed by atoms with van der Waals surface area (Å²) in [5.74, 6) is 0. The van der Waals surface area contributed by atoms with E-state index in [0.29, 0.717) is 0 Å². The molecule has 9 aromatic carbocycles. The second kappa shape index (κ2) is 21.5. The number of fused-ring (bicyclic) bond motifs is 9. The van der Waals surface area contributed by atoms with Gasteiger partial charge in [0.05, 0.1) is 11.4 Å². The Labute approximate surface area is 574 Å². The zero-order valence-corrected chi connectivity index (χ0v) is 61.3. The van der Waals surface area contributed by atoms with Gasteiger partial charge in [-0.05, 0) is 227 Å². The number of nitrogens with zero attached hydrogens (tertiary/aromatic N) is 3. The van der Waals surface area contributed by atoms with E-state index in [1.54, 1.807) is 0 Å². The van der Waals surface area contributed by atoms with E-state index in [9.17, 15) is 0 Å². The lowest BCUT2D eigenvalue weighted by atomic mass is 9.35. The first-order chi connectivity index (χ1) is 44.7. The van der Waals surface area contributed by atoms with Gasteiger partial charge in [0.15, 0.2) is 0 Å². The van der Waals surface area contributed by atoms with E-state index in [0.717, 1.165) is 49.2 Å². The molecule has 3 heterocycles. The highest BCUT2D eigenvalue weighted by Gasteiger charge is 2.50. The maximum Gasteiger partial charge on any atom is 0.264 e. The Morgan fingerprint density at radius 1 is 0.358 bits per heavy atom. The smallest absolute Gasteiger partial charge is 0.264 e. The molecule has 0 atom stereocenters. The summed E-state index contributed by atoms with van der Waals surface area (Å²) >= 11 is 2.04. The number of hydrogen-bond donors (Lipinski definition) is 0. The van der Waals surface area contributed by atoms with Gasteiger partial charge in [-0.3, -0.25) is 0 Å². The van der Waals surface area contributed by atoms with Crippen molar-refractivity contribution in [1.29, 1.82) is 0 Å². The van der Waals surface area contributed by atoms with Crippen molar-refractivity contribution in [3.8, 4) is 0 Å². The number of benzene rings is 9. The molecule has 2 aliphatic heterocycles. The van der Waals surface area contributed by atoms with Gasteiger partial charge in [-0.1, -0.05) is 241 Å². The Bertz CT molecular complexity index is 4600. The molecule has 0 N–H and O–H groups in total. The van der Waals surface area contributed by atoms with Crippen molar-refractivity contribution in [2.75, 3.05) is 14.7 Å². The Morgan fingerprint density at radius 2 is 0.747 bits per heavy atom. The largest absolute Gasteiger partial charge is 0.311 e. The molecule has 0 unspecified atom stereocenters. The van der Waals surface area contributed by atoms with Gasteiger partial charge in [0.2, 0.25) is 0 Å². The van der Waals surface area contributed by atoms with E-state index in [1.165, 1.54) is 128 Å². The lowest BCUT2D eigenvalue weighted by Gasteiger charge is -2.48. The van der Waals surface area contributed by atoms with Crippen molar-refractivity contribution < 1.29 is 0 Å². The molecule has 0 radical (unpaired) electrons. The van der Waals surface area contributed by atoms with Gasteiger partial charge < -0.3 is 14.7 Å². The summed E-state index contributed by atoms with van der Waals surface area (Å²) < 4.78 is 2.76. The molecule has 1 aromatic heterocycles. The normalized spacial score (nSPS) is 18.5. The summed E-state index contributed by atoms with van der Waals surface area (Å²) in [6.07, 6.45) is 6.90.